The molecule has 0 aliphatic carbocycles. The number of rotatable bonds is 1. The Kier molecular flexibility index (Phi) is 2.84. The Morgan fingerprint density at radius 3 is 2.26 bits per heavy atom. The third kappa shape index (κ3) is 2.01. The van der Waals surface area contributed by atoms with Crippen LogP contribution in [0.2, 0.25) is 0 Å². The lowest BCUT2D eigenvalue weighted by atomic mass is 9.97. The number of hydrogen-bond donors (Lipinski definition) is 0. The quantitative estimate of drug-likeness (QED) is 0.308. The lowest BCUT2D eigenvalue weighted by Crippen LogP contribution is -1.80. The Bertz CT molecular complexity index is 1470. The van der Waals surface area contributed by atoms with Crippen LogP contribution in [0.5, 0.6) is 0 Å². The van der Waals surface area contributed by atoms with Crippen molar-refractivity contribution in [3.05, 3.63) is 84.4 Å². The van der Waals surface area contributed by atoms with Crippen LogP contribution in [0.1, 0.15) is 5.56 Å². The van der Waals surface area contributed by atoms with Gasteiger partial charge in [-0.05, 0) is 41.8 Å². The van der Waals surface area contributed by atoms with Crippen LogP contribution in [0, 0.1) is 6.92 Å². The van der Waals surface area contributed by atoms with Gasteiger partial charge >= 0.3 is 0 Å². The van der Waals surface area contributed by atoms with E-state index in [4.69, 9.17) is 8.83 Å². The first-order chi connectivity index (χ1) is 13.3. The third-order valence-electron chi connectivity index (χ3n) is 5.33. The lowest BCUT2D eigenvalue weighted by molar-refractivity contribution is 0.633. The summed E-state index contributed by atoms with van der Waals surface area (Å²) < 4.78 is 12.6. The van der Waals surface area contributed by atoms with Gasteiger partial charge in [-0.3, -0.25) is 0 Å². The van der Waals surface area contributed by atoms with Gasteiger partial charge in [0.15, 0.2) is 11.2 Å². The molecule has 27 heavy (non-hydrogen) atoms. The summed E-state index contributed by atoms with van der Waals surface area (Å²) in [4.78, 5) is 0. The van der Waals surface area contributed by atoms with Crippen molar-refractivity contribution in [1.82, 2.24) is 0 Å². The SMILES string of the molecule is Cc1ccc2c(c1)oc1c2cc(-c2ccccc2)c2c3ccccc3oc12. The standard InChI is InChI=1S/C25H16O2/c1-15-11-12-17-20-14-19(16-7-3-2-4-8-16)23-18-9-5-6-10-21(18)26-25(23)24(20)27-22(17)13-15/h2-14H,1H3. The van der Waals surface area contributed by atoms with Crippen LogP contribution in [-0.2, 0) is 0 Å². The Morgan fingerprint density at radius 1 is 0.593 bits per heavy atom. The molecule has 0 atom stereocenters. The van der Waals surface area contributed by atoms with Gasteiger partial charge in [0.1, 0.15) is 11.2 Å². The maximum absolute atomic E-state index is 6.29. The highest BCUT2D eigenvalue weighted by molar-refractivity contribution is 6.23. The molecule has 2 heterocycles. The van der Waals surface area contributed by atoms with Crippen LogP contribution in [0.3, 0.4) is 0 Å². The molecule has 0 aliphatic heterocycles. The summed E-state index contributed by atoms with van der Waals surface area (Å²) in [5.74, 6) is 0. The second kappa shape index (κ2) is 5.24. The Labute approximate surface area is 155 Å². The first kappa shape index (κ1) is 14.6. The molecule has 0 spiro atoms. The predicted octanol–water partition coefficient (Wildman–Crippen LogP) is 7.46. The second-order valence-electron chi connectivity index (χ2n) is 7.07. The summed E-state index contributed by atoms with van der Waals surface area (Å²) >= 11 is 0. The van der Waals surface area contributed by atoms with Crippen LogP contribution < -0.4 is 0 Å². The fraction of sp³-hybridized carbons (Fsp3) is 0.0400. The average Bonchev–Trinajstić information content (AvgIpc) is 3.26. The van der Waals surface area contributed by atoms with Crippen LogP contribution in [0.15, 0.2) is 87.7 Å². The highest BCUT2D eigenvalue weighted by atomic mass is 16.4. The molecular weight excluding hydrogens is 332 g/mol. The molecule has 0 amide bonds. The number of benzene rings is 4. The zero-order valence-corrected chi connectivity index (χ0v) is 14.8. The Hall–Kier alpha value is -3.52. The molecule has 0 radical (unpaired) electrons. The van der Waals surface area contributed by atoms with Crippen molar-refractivity contribution in [2.24, 2.45) is 0 Å². The monoisotopic (exact) mass is 348 g/mol. The zero-order chi connectivity index (χ0) is 18.0. The molecular formula is C25H16O2. The van der Waals surface area contributed by atoms with Crippen LogP contribution in [-0.4, -0.2) is 0 Å². The van der Waals surface area contributed by atoms with Gasteiger partial charge in [0, 0.05) is 21.5 Å². The van der Waals surface area contributed by atoms with Crippen LogP contribution in [0.4, 0.5) is 0 Å². The lowest BCUT2D eigenvalue weighted by Gasteiger charge is -2.05. The molecule has 128 valence electrons. The molecule has 2 nitrogen and oxygen atoms in total. The molecule has 0 bridgehead atoms. The number of aryl methyl sites for hydroxylation is 1. The highest BCUT2D eigenvalue weighted by Gasteiger charge is 2.20. The molecule has 6 rings (SSSR count). The minimum atomic E-state index is 0.821. The number of para-hydroxylation sites is 1. The highest BCUT2D eigenvalue weighted by Crippen LogP contribution is 2.43. The van der Waals surface area contributed by atoms with Gasteiger partial charge in [-0.1, -0.05) is 60.7 Å². The molecule has 0 unspecified atom stereocenters. The van der Waals surface area contributed by atoms with E-state index in [-0.39, 0.29) is 0 Å². The van der Waals surface area contributed by atoms with E-state index < -0.39 is 0 Å². The van der Waals surface area contributed by atoms with E-state index in [0.29, 0.717) is 0 Å². The molecule has 0 aliphatic rings. The van der Waals surface area contributed by atoms with E-state index in [0.717, 1.165) is 43.9 Å². The smallest absolute Gasteiger partial charge is 0.179 e. The molecule has 0 saturated carbocycles. The van der Waals surface area contributed by atoms with Crippen LogP contribution in [0.25, 0.3) is 55.0 Å². The third-order valence-corrected chi connectivity index (χ3v) is 5.33. The van der Waals surface area contributed by atoms with Gasteiger partial charge in [0.05, 0.1) is 0 Å². The Morgan fingerprint density at radius 2 is 1.37 bits per heavy atom. The van der Waals surface area contributed by atoms with E-state index >= 15 is 0 Å². The van der Waals surface area contributed by atoms with Crippen molar-refractivity contribution >= 4 is 43.9 Å². The van der Waals surface area contributed by atoms with Gasteiger partial charge in [-0.25, -0.2) is 0 Å². The minimum absolute atomic E-state index is 0.821. The van der Waals surface area contributed by atoms with E-state index in [1.807, 2.05) is 18.2 Å². The van der Waals surface area contributed by atoms with E-state index in [1.54, 1.807) is 0 Å². The summed E-state index contributed by atoms with van der Waals surface area (Å²) in [5, 5.41) is 4.44. The fourth-order valence-corrected chi connectivity index (χ4v) is 4.07. The molecule has 4 aromatic carbocycles. The fourth-order valence-electron chi connectivity index (χ4n) is 4.07. The van der Waals surface area contributed by atoms with Gasteiger partial charge in [-0.2, -0.15) is 0 Å². The predicted molar refractivity (Wildman–Crippen MR) is 111 cm³/mol. The molecule has 0 N–H and O–H groups in total. The topological polar surface area (TPSA) is 26.3 Å². The van der Waals surface area contributed by atoms with Gasteiger partial charge < -0.3 is 8.83 Å². The van der Waals surface area contributed by atoms with Crippen LogP contribution >= 0.6 is 0 Å². The van der Waals surface area contributed by atoms with Gasteiger partial charge in [0.25, 0.3) is 0 Å². The molecule has 2 aromatic heterocycles. The molecule has 2 heteroatoms. The van der Waals surface area contributed by atoms with E-state index in [1.165, 1.54) is 16.7 Å². The van der Waals surface area contributed by atoms with Gasteiger partial charge in [-0.15, -0.1) is 0 Å². The summed E-state index contributed by atoms with van der Waals surface area (Å²) in [6.07, 6.45) is 0. The molecule has 6 aromatic rings. The summed E-state index contributed by atoms with van der Waals surface area (Å²) in [6, 6.07) is 27.3. The maximum atomic E-state index is 6.29. The van der Waals surface area contributed by atoms with Crippen molar-refractivity contribution in [2.45, 2.75) is 6.92 Å². The van der Waals surface area contributed by atoms with Crippen molar-refractivity contribution in [3.63, 3.8) is 0 Å². The van der Waals surface area contributed by atoms with Crippen molar-refractivity contribution in [1.29, 1.82) is 0 Å². The minimum Gasteiger partial charge on any atom is -0.452 e. The molecule has 0 saturated heterocycles. The summed E-state index contributed by atoms with van der Waals surface area (Å²) in [5.41, 5.74) is 6.96. The van der Waals surface area contributed by atoms with E-state index in [2.05, 4.69) is 67.6 Å². The van der Waals surface area contributed by atoms with Crippen molar-refractivity contribution in [3.8, 4) is 11.1 Å². The largest absolute Gasteiger partial charge is 0.452 e. The Balaban J connectivity index is 1.89. The van der Waals surface area contributed by atoms with Gasteiger partial charge in [0.2, 0.25) is 0 Å². The maximum Gasteiger partial charge on any atom is 0.179 e. The zero-order valence-electron chi connectivity index (χ0n) is 14.8. The average molecular weight is 348 g/mol. The second-order valence-corrected chi connectivity index (χ2v) is 7.07. The van der Waals surface area contributed by atoms with Crippen molar-refractivity contribution in [2.75, 3.05) is 0 Å². The van der Waals surface area contributed by atoms with E-state index in [9.17, 15) is 0 Å². The molecule has 0 fully saturated rings. The summed E-state index contributed by atoms with van der Waals surface area (Å²) in [7, 11) is 0. The number of furan rings is 2. The van der Waals surface area contributed by atoms with Crippen molar-refractivity contribution < 1.29 is 8.83 Å². The first-order valence-corrected chi connectivity index (χ1v) is 9.12. The number of hydrogen-bond acceptors (Lipinski definition) is 2. The first-order valence-electron chi connectivity index (χ1n) is 9.12. The normalized spacial score (nSPS) is 11.9. The summed E-state index contributed by atoms with van der Waals surface area (Å²) in [6.45, 7) is 2.08. The number of fused-ring (bicyclic) bond motifs is 7.